The van der Waals surface area contributed by atoms with Crippen molar-refractivity contribution in [3.8, 4) is 0 Å². The molecule has 0 radical (unpaired) electrons. The van der Waals surface area contributed by atoms with Crippen molar-refractivity contribution < 1.29 is 4.79 Å². The van der Waals surface area contributed by atoms with Gasteiger partial charge in [0.05, 0.1) is 5.56 Å². The fourth-order valence-electron chi connectivity index (χ4n) is 1.72. The molecule has 2 rings (SSSR count). The molecule has 0 bridgehead atoms. The molecular formula is C16H18BrN3OS. The van der Waals surface area contributed by atoms with Crippen LogP contribution in [0.3, 0.4) is 0 Å². The van der Waals surface area contributed by atoms with Gasteiger partial charge in [0.15, 0.2) is 0 Å². The normalized spacial score (nSPS) is 12.0. The van der Waals surface area contributed by atoms with Crippen molar-refractivity contribution in [3.63, 3.8) is 0 Å². The standard InChI is InChI=1S/C16H18BrN3OS/c1-11(18-2)9-20-16(21)13-5-3-4-6-14(13)22-15-8-7-12(17)10-19-15/h3-8,10-11,18H,9H2,1-2H3,(H,20,21). The number of hydrogen-bond donors (Lipinski definition) is 2. The minimum absolute atomic E-state index is 0.0673. The number of likely N-dealkylation sites (N-methyl/N-ethyl adjacent to an activating group) is 1. The van der Waals surface area contributed by atoms with Crippen LogP contribution in [0.1, 0.15) is 17.3 Å². The van der Waals surface area contributed by atoms with Gasteiger partial charge in [0, 0.05) is 28.2 Å². The van der Waals surface area contributed by atoms with Gasteiger partial charge >= 0.3 is 0 Å². The highest BCUT2D eigenvalue weighted by molar-refractivity contribution is 9.10. The third-order valence-corrected chi connectivity index (χ3v) is 4.60. The van der Waals surface area contributed by atoms with Crippen molar-refractivity contribution in [1.82, 2.24) is 15.6 Å². The number of aromatic nitrogens is 1. The summed E-state index contributed by atoms with van der Waals surface area (Å²) in [5, 5.41) is 6.89. The van der Waals surface area contributed by atoms with Crippen LogP contribution in [0.5, 0.6) is 0 Å². The summed E-state index contributed by atoms with van der Waals surface area (Å²) >= 11 is 4.85. The lowest BCUT2D eigenvalue weighted by molar-refractivity contribution is 0.0947. The van der Waals surface area contributed by atoms with E-state index in [0.717, 1.165) is 14.4 Å². The molecule has 4 nitrogen and oxygen atoms in total. The number of benzene rings is 1. The van der Waals surface area contributed by atoms with Crippen molar-refractivity contribution in [2.24, 2.45) is 0 Å². The maximum absolute atomic E-state index is 12.4. The van der Waals surface area contributed by atoms with Crippen LogP contribution in [0.15, 0.2) is 57.0 Å². The van der Waals surface area contributed by atoms with Crippen LogP contribution < -0.4 is 10.6 Å². The lowest BCUT2D eigenvalue weighted by atomic mass is 10.2. The van der Waals surface area contributed by atoms with E-state index in [9.17, 15) is 4.79 Å². The summed E-state index contributed by atoms with van der Waals surface area (Å²) in [5.41, 5.74) is 0.667. The first-order chi connectivity index (χ1) is 10.6. The van der Waals surface area contributed by atoms with Crippen LogP contribution in [0.2, 0.25) is 0 Å². The van der Waals surface area contributed by atoms with Crippen molar-refractivity contribution in [1.29, 1.82) is 0 Å². The lowest BCUT2D eigenvalue weighted by Crippen LogP contribution is -2.37. The molecular weight excluding hydrogens is 362 g/mol. The zero-order valence-electron chi connectivity index (χ0n) is 12.5. The van der Waals surface area contributed by atoms with Crippen LogP contribution in [-0.2, 0) is 0 Å². The summed E-state index contributed by atoms with van der Waals surface area (Å²) < 4.78 is 0.934. The second kappa shape index (κ2) is 8.31. The van der Waals surface area contributed by atoms with Crippen molar-refractivity contribution in [3.05, 3.63) is 52.6 Å². The second-order valence-electron chi connectivity index (χ2n) is 4.81. The maximum Gasteiger partial charge on any atom is 0.252 e. The lowest BCUT2D eigenvalue weighted by Gasteiger charge is -2.13. The fraction of sp³-hybridized carbons (Fsp3) is 0.250. The number of halogens is 1. The Hall–Kier alpha value is -1.37. The quantitative estimate of drug-likeness (QED) is 0.807. The predicted octanol–water partition coefficient (Wildman–Crippen LogP) is 3.33. The van der Waals surface area contributed by atoms with E-state index in [1.54, 1.807) is 6.20 Å². The molecule has 0 aliphatic heterocycles. The Bertz CT molecular complexity index is 634. The summed E-state index contributed by atoms with van der Waals surface area (Å²) in [6.07, 6.45) is 1.75. The van der Waals surface area contributed by atoms with Gasteiger partial charge in [-0.2, -0.15) is 0 Å². The van der Waals surface area contributed by atoms with Crippen molar-refractivity contribution in [2.75, 3.05) is 13.6 Å². The van der Waals surface area contributed by atoms with E-state index in [-0.39, 0.29) is 11.9 Å². The van der Waals surface area contributed by atoms with E-state index < -0.39 is 0 Å². The van der Waals surface area contributed by atoms with Crippen molar-refractivity contribution >= 4 is 33.6 Å². The number of carbonyl (C=O) groups is 1. The van der Waals surface area contributed by atoms with E-state index in [4.69, 9.17) is 0 Å². The molecule has 0 aliphatic rings. The molecule has 22 heavy (non-hydrogen) atoms. The molecule has 2 aromatic rings. The molecule has 0 fully saturated rings. The highest BCUT2D eigenvalue weighted by Gasteiger charge is 2.13. The Morgan fingerprint density at radius 1 is 1.32 bits per heavy atom. The minimum Gasteiger partial charge on any atom is -0.350 e. The number of hydrogen-bond acceptors (Lipinski definition) is 4. The van der Waals surface area contributed by atoms with Gasteiger partial charge in [-0.25, -0.2) is 4.98 Å². The third-order valence-electron chi connectivity index (χ3n) is 3.11. The first-order valence-corrected chi connectivity index (χ1v) is 8.55. The average molecular weight is 380 g/mol. The third kappa shape index (κ3) is 4.83. The maximum atomic E-state index is 12.4. The van der Waals surface area contributed by atoms with E-state index in [1.807, 2.05) is 50.4 Å². The highest BCUT2D eigenvalue weighted by atomic mass is 79.9. The van der Waals surface area contributed by atoms with Gasteiger partial charge in [0.2, 0.25) is 0 Å². The molecule has 0 saturated heterocycles. The first-order valence-electron chi connectivity index (χ1n) is 6.94. The van der Waals surface area contributed by atoms with Gasteiger partial charge in [-0.3, -0.25) is 4.79 Å². The number of nitrogens with zero attached hydrogens (tertiary/aromatic N) is 1. The van der Waals surface area contributed by atoms with Crippen LogP contribution in [0.4, 0.5) is 0 Å². The summed E-state index contributed by atoms with van der Waals surface area (Å²) in [4.78, 5) is 17.6. The fourth-order valence-corrected chi connectivity index (χ4v) is 2.84. The van der Waals surface area contributed by atoms with Gasteiger partial charge in [-0.15, -0.1) is 0 Å². The number of rotatable bonds is 6. The molecule has 116 valence electrons. The average Bonchev–Trinajstić information content (AvgIpc) is 2.55. The smallest absolute Gasteiger partial charge is 0.252 e. The molecule has 1 heterocycles. The second-order valence-corrected chi connectivity index (χ2v) is 6.79. The Balaban J connectivity index is 2.12. The minimum atomic E-state index is -0.0673. The Labute approximate surface area is 143 Å². The summed E-state index contributed by atoms with van der Waals surface area (Å²) in [6, 6.07) is 11.7. The summed E-state index contributed by atoms with van der Waals surface area (Å²) in [6.45, 7) is 2.61. The number of nitrogens with one attached hydrogen (secondary N) is 2. The van der Waals surface area contributed by atoms with Gasteiger partial charge in [0.1, 0.15) is 5.03 Å². The van der Waals surface area contributed by atoms with Crippen LogP contribution in [-0.4, -0.2) is 30.5 Å². The predicted molar refractivity (Wildman–Crippen MR) is 93.4 cm³/mol. The Morgan fingerprint density at radius 2 is 2.09 bits per heavy atom. The first kappa shape index (κ1) is 17.0. The summed E-state index contributed by atoms with van der Waals surface area (Å²) in [7, 11) is 1.87. The molecule has 1 atom stereocenters. The molecule has 6 heteroatoms. The Morgan fingerprint density at radius 3 is 2.77 bits per heavy atom. The van der Waals surface area contributed by atoms with E-state index in [2.05, 4.69) is 31.5 Å². The van der Waals surface area contributed by atoms with E-state index in [0.29, 0.717) is 12.1 Å². The van der Waals surface area contributed by atoms with Crippen LogP contribution >= 0.6 is 27.7 Å². The largest absolute Gasteiger partial charge is 0.350 e. The van der Waals surface area contributed by atoms with E-state index >= 15 is 0 Å². The molecule has 1 aromatic carbocycles. The van der Waals surface area contributed by atoms with Crippen LogP contribution in [0.25, 0.3) is 0 Å². The molecule has 1 unspecified atom stereocenters. The van der Waals surface area contributed by atoms with Gasteiger partial charge in [0.25, 0.3) is 5.91 Å². The number of amides is 1. The summed E-state index contributed by atoms with van der Waals surface area (Å²) in [5.74, 6) is -0.0673. The topological polar surface area (TPSA) is 54.0 Å². The number of carbonyl (C=O) groups excluding carboxylic acids is 1. The Kier molecular flexibility index (Phi) is 6.42. The van der Waals surface area contributed by atoms with Crippen molar-refractivity contribution in [2.45, 2.75) is 22.9 Å². The zero-order chi connectivity index (χ0) is 15.9. The van der Waals surface area contributed by atoms with Gasteiger partial charge < -0.3 is 10.6 Å². The highest BCUT2D eigenvalue weighted by Crippen LogP contribution is 2.29. The SMILES string of the molecule is CNC(C)CNC(=O)c1ccccc1Sc1ccc(Br)cn1. The van der Waals surface area contributed by atoms with Gasteiger partial charge in [-0.1, -0.05) is 23.9 Å². The molecule has 0 spiro atoms. The monoisotopic (exact) mass is 379 g/mol. The molecule has 0 saturated carbocycles. The van der Waals surface area contributed by atoms with Crippen LogP contribution in [0, 0.1) is 0 Å². The van der Waals surface area contributed by atoms with E-state index in [1.165, 1.54) is 11.8 Å². The molecule has 1 aromatic heterocycles. The van der Waals surface area contributed by atoms with Gasteiger partial charge in [-0.05, 0) is 54.2 Å². The molecule has 2 N–H and O–H groups in total. The zero-order valence-corrected chi connectivity index (χ0v) is 14.9. The molecule has 1 amide bonds. The molecule has 0 aliphatic carbocycles. The number of pyridine rings is 1.